The second-order valence-electron chi connectivity index (χ2n) is 6.29. The van der Waals surface area contributed by atoms with Crippen molar-refractivity contribution in [3.63, 3.8) is 0 Å². The van der Waals surface area contributed by atoms with Gasteiger partial charge >= 0.3 is 0 Å². The molecule has 3 nitrogen and oxygen atoms in total. The Hall–Kier alpha value is -1.06. The second kappa shape index (κ2) is 5.93. The van der Waals surface area contributed by atoms with Crippen molar-refractivity contribution in [2.75, 3.05) is 13.2 Å². The highest BCUT2D eigenvalue weighted by Crippen LogP contribution is 2.35. The van der Waals surface area contributed by atoms with Gasteiger partial charge in [-0.25, -0.2) is 0 Å². The summed E-state index contributed by atoms with van der Waals surface area (Å²) in [4.78, 5) is 0. The summed E-state index contributed by atoms with van der Waals surface area (Å²) in [6.07, 6.45) is 2.00. The van der Waals surface area contributed by atoms with Gasteiger partial charge in [-0.1, -0.05) is 18.2 Å². The Morgan fingerprint density at radius 2 is 2.11 bits per heavy atom. The highest BCUT2D eigenvalue weighted by atomic mass is 16.5. The lowest BCUT2D eigenvalue weighted by Crippen LogP contribution is -2.34. The number of para-hydroxylation sites is 1. The summed E-state index contributed by atoms with van der Waals surface area (Å²) in [6.45, 7) is 7.58. The summed E-state index contributed by atoms with van der Waals surface area (Å²) in [7, 11) is 0. The van der Waals surface area contributed by atoms with Crippen LogP contribution in [-0.2, 0) is 4.74 Å². The molecule has 1 aromatic rings. The van der Waals surface area contributed by atoms with Crippen molar-refractivity contribution in [2.45, 2.75) is 51.2 Å². The number of hydrogen-bond acceptors (Lipinski definition) is 3. The Balaban J connectivity index is 1.93. The van der Waals surface area contributed by atoms with E-state index in [1.165, 1.54) is 5.56 Å². The minimum Gasteiger partial charge on any atom is -0.493 e. The van der Waals surface area contributed by atoms with Crippen LogP contribution in [0.4, 0.5) is 0 Å². The van der Waals surface area contributed by atoms with Gasteiger partial charge in [0.2, 0.25) is 0 Å². The Morgan fingerprint density at radius 3 is 2.84 bits per heavy atom. The average Bonchev–Trinajstić information content (AvgIpc) is 2.36. The van der Waals surface area contributed by atoms with Gasteiger partial charge in [0.05, 0.1) is 18.8 Å². The summed E-state index contributed by atoms with van der Waals surface area (Å²) in [5, 5.41) is 0. The van der Waals surface area contributed by atoms with Crippen LogP contribution < -0.4 is 10.5 Å². The average molecular weight is 263 g/mol. The molecule has 0 aromatic heterocycles. The van der Waals surface area contributed by atoms with Crippen LogP contribution in [0, 0.1) is 0 Å². The maximum absolute atomic E-state index is 6.20. The maximum atomic E-state index is 6.20. The molecule has 1 aliphatic heterocycles. The Morgan fingerprint density at radius 1 is 1.37 bits per heavy atom. The summed E-state index contributed by atoms with van der Waals surface area (Å²) >= 11 is 0. The number of benzene rings is 1. The third-order valence-corrected chi connectivity index (χ3v) is 3.40. The number of rotatable bonds is 4. The Labute approximate surface area is 116 Å². The molecule has 1 aliphatic rings. The van der Waals surface area contributed by atoms with E-state index < -0.39 is 0 Å². The fourth-order valence-corrected chi connectivity index (χ4v) is 2.45. The van der Waals surface area contributed by atoms with Crippen LogP contribution in [0.1, 0.15) is 45.1 Å². The van der Waals surface area contributed by atoms with Crippen LogP contribution in [0.15, 0.2) is 24.3 Å². The van der Waals surface area contributed by atoms with Crippen molar-refractivity contribution in [3.05, 3.63) is 29.8 Å². The summed E-state index contributed by atoms with van der Waals surface area (Å²) in [6, 6.07) is 8.35. The fourth-order valence-electron chi connectivity index (χ4n) is 2.45. The van der Waals surface area contributed by atoms with Crippen molar-refractivity contribution in [2.24, 2.45) is 5.73 Å². The number of ether oxygens (including phenoxy) is 2. The topological polar surface area (TPSA) is 44.5 Å². The van der Waals surface area contributed by atoms with Crippen LogP contribution in [-0.4, -0.2) is 24.9 Å². The molecule has 0 saturated carbocycles. The van der Waals surface area contributed by atoms with E-state index in [0.717, 1.165) is 25.2 Å². The lowest BCUT2D eigenvalue weighted by Gasteiger charge is -2.29. The fraction of sp³-hybridized carbons (Fsp3) is 0.625. The lowest BCUT2D eigenvalue weighted by molar-refractivity contribution is -0.0118. The molecule has 1 heterocycles. The zero-order chi connectivity index (χ0) is 13.9. The van der Waals surface area contributed by atoms with E-state index in [1.54, 1.807) is 0 Å². The quantitative estimate of drug-likeness (QED) is 0.908. The zero-order valence-corrected chi connectivity index (χ0v) is 12.2. The first-order valence-corrected chi connectivity index (χ1v) is 7.07. The molecule has 0 aliphatic carbocycles. The molecule has 106 valence electrons. The first kappa shape index (κ1) is 14.4. The number of nitrogens with two attached hydrogens (primary N) is 1. The predicted octanol–water partition coefficient (Wildman–Crippen LogP) is 3.09. The van der Waals surface area contributed by atoms with Crippen molar-refractivity contribution < 1.29 is 9.47 Å². The first-order chi connectivity index (χ1) is 8.96. The van der Waals surface area contributed by atoms with Crippen molar-refractivity contribution >= 4 is 0 Å². The van der Waals surface area contributed by atoms with Gasteiger partial charge in [0, 0.05) is 6.04 Å². The van der Waals surface area contributed by atoms with Gasteiger partial charge in [-0.15, -0.1) is 0 Å². The highest BCUT2D eigenvalue weighted by molar-refractivity contribution is 5.37. The molecule has 0 radical (unpaired) electrons. The number of hydrogen-bond donors (Lipinski definition) is 1. The van der Waals surface area contributed by atoms with E-state index in [4.69, 9.17) is 15.2 Å². The van der Waals surface area contributed by atoms with E-state index in [9.17, 15) is 0 Å². The van der Waals surface area contributed by atoms with Crippen LogP contribution in [0.3, 0.4) is 0 Å². The molecule has 1 aromatic carbocycles. The van der Waals surface area contributed by atoms with Crippen LogP contribution in [0.2, 0.25) is 0 Å². The van der Waals surface area contributed by atoms with Gasteiger partial charge in [-0.3, -0.25) is 0 Å². The van der Waals surface area contributed by atoms with Gasteiger partial charge < -0.3 is 15.2 Å². The molecule has 2 rings (SSSR count). The van der Waals surface area contributed by atoms with Gasteiger partial charge in [0.25, 0.3) is 0 Å². The molecular weight excluding hydrogens is 238 g/mol. The van der Waals surface area contributed by atoms with Gasteiger partial charge in [-0.05, 0) is 51.2 Å². The molecule has 0 bridgehead atoms. The smallest absolute Gasteiger partial charge is 0.122 e. The molecule has 2 N–H and O–H groups in total. The van der Waals surface area contributed by atoms with Crippen molar-refractivity contribution in [1.82, 2.24) is 0 Å². The predicted molar refractivity (Wildman–Crippen MR) is 77.6 cm³/mol. The molecule has 2 atom stereocenters. The van der Waals surface area contributed by atoms with Crippen LogP contribution >= 0.6 is 0 Å². The second-order valence-corrected chi connectivity index (χ2v) is 6.29. The maximum Gasteiger partial charge on any atom is 0.122 e. The van der Waals surface area contributed by atoms with E-state index in [1.807, 2.05) is 12.1 Å². The van der Waals surface area contributed by atoms with Gasteiger partial charge in [0.1, 0.15) is 5.75 Å². The third kappa shape index (κ3) is 4.22. The van der Waals surface area contributed by atoms with Crippen molar-refractivity contribution in [3.8, 4) is 5.75 Å². The summed E-state index contributed by atoms with van der Waals surface area (Å²) in [5.74, 6) is 1.51. The molecule has 0 saturated heterocycles. The SMILES string of the molecule is CC(C)(C)OCC(N)CC1CCOc2ccccc21. The summed E-state index contributed by atoms with van der Waals surface area (Å²) in [5.41, 5.74) is 7.37. The molecule has 0 amide bonds. The van der Waals surface area contributed by atoms with Crippen LogP contribution in [0.5, 0.6) is 5.75 Å². The number of fused-ring (bicyclic) bond motifs is 1. The molecule has 0 spiro atoms. The van der Waals surface area contributed by atoms with Gasteiger partial charge in [-0.2, -0.15) is 0 Å². The standard InChI is InChI=1S/C16H25NO2/c1-16(2,3)19-11-13(17)10-12-8-9-18-15-7-5-4-6-14(12)15/h4-7,12-13H,8-11,17H2,1-3H3. The monoisotopic (exact) mass is 263 g/mol. The Kier molecular flexibility index (Phi) is 4.48. The minimum absolute atomic E-state index is 0.0791. The largest absolute Gasteiger partial charge is 0.493 e. The molecular formula is C16H25NO2. The van der Waals surface area contributed by atoms with E-state index in [0.29, 0.717) is 12.5 Å². The Bertz CT molecular complexity index is 411. The molecule has 2 unspecified atom stereocenters. The molecule has 0 fully saturated rings. The highest BCUT2D eigenvalue weighted by Gasteiger charge is 2.23. The van der Waals surface area contributed by atoms with Gasteiger partial charge in [0.15, 0.2) is 0 Å². The van der Waals surface area contributed by atoms with E-state index in [-0.39, 0.29) is 11.6 Å². The first-order valence-electron chi connectivity index (χ1n) is 7.07. The third-order valence-electron chi connectivity index (χ3n) is 3.40. The van der Waals surface area contributed by atoms with Crippen LogP contribution in [0.25, 0.3) is 0 Å². The van der Waals surface area contributed by atoms with Crippen molar-refractivity contribution in [1.29, 1.82) is 0 Å². The normalized spacial score (nSPS) is 20.5. The minimum atomic E-state index is -0.120. The lowest BCUT2D eigenvalue weighted by atomic mass is 9.88. The van der Waals surface area contributed by atoms with E-state index in [2.05, 4.69) is 32.9 Å². The summed E-state index contributed by atoms with van der Waals surface area (Å²) < 4.78 is 11.4. The van der Waals surface area contributed by atoms with E-state index >= 15 is 0 Å². The molecule has 19 heavy (non-hydrogen) atoms. The molecule has 3 heteroatoms. The zero-order valence-electron chi connectivity index (χ0n) is 12.2.